The third kappa shape index (κ3) is 3.56. The monoisotopic (exact) mass is 434 g/mol. The molecule has 1 aliphatic heterocycles. The van der Waals surface area contributed by atoms with Crippen molar-refractivity contribution in [3.63, 3.8) is 0 Å². The van der Waals surface area contributed by atoms with Gasteiger partial charge in [0.15, 0.2) is 0 Å². The van der Waals surface area contributed by atoms with E-state index in [1.165, 1.54) is 10.4 Å². The van der Waals surface area contributed by atoms with E-state index in [0.29, 0.717) is 55.1 Å². The summed E-state index contributed by atoms with van der Waals surface area (Å²) in [6.07, 6.45) is 2.12. The van der Waals surface area contributed by atoms with Crippen LogP contribution >= 0.6 is 11.3 Å². The second-order valence-corrected chi connectivity index (χ2v) is 10.3. The van der Waals surface area contributed by atoms with Crippen LogP contribution in [-0.2, 0) is 10.0 Å². The lowest BCUT2D eigenvalue weighted by Crippen LogP contribution is -2.48. The van der Waals surface area contributed by atoms with Gasteiger partial charge in [0.2, 0.25) is 11.7 Å². The molecule has 1 aliphatic carbocycles. The predicted octanol–water partition coefficient (Wildman–Crippen LogP) is 3.33. The van der Waals surface area contributed by atoms with Gasteiger partial charge in [-0.3, -0.25) is 0 Å². The molecule has 3 heterocycles. The first-order valence-electron chi connectivity index (χ1n) is 9.44. The van der Waals surface area contributed by atoms with E-state index in [0.717, 1.165) is 24.2 Å². The Bertz CT molecular complexity index is 1130. The maximum atomic E-state index is 14.0. The van der Waals surface area contributed by atoms with Gasteiger partial charge in [-0.2, -0.15) is 9.29 Å². The quantitative estimate of drug-likeness (QED) is 0.613. The number of piperazine rings is 1. The van der Waals surface area contributed by atoms with Crippen LogP contribution in [0, 0.1) is 5.82 Å². The highest BCUT2D eigenvalue weighted by atomic mass is 32.2. The minimum absolute atomic E-state index is 0.254. The summed E-state index contributed by atoms with van der Waals surface area (Å²) in [7, 11) is -3.62. The smallest absolute Gasteiger partial charge is 0.252 e. The van der Waals surface area contributed by atoms with Crippen molar-refractivity contribution in [1.29, 1.82) is 0 Å². The molecule has 2 aliphatic rings. The van der Waals surface area contributed by atoms with Gasteiger partial charge >= 0.3 is 0 Å². The first-order chi connectivity index (χ1) is 14.0. The second kappa shape index (κ2) is 7.19. The molecule has 0 unspecified atom stereocenters. The topological polar surface area (TPSA) is 79.5 Å². The first kappa shape index (κ1) is 18.7. The average Bonchev–Trinajstić information content (AvgIpc) is 3.25. The summed E-state index contributed by atoms with van der Waals surface area (Å²) in [5, 5.41) is 5.72. The molecule has 0 amide bonds. The van der Waals surface area contributed by atoms with Crippen LogP contribution in [-0.4, -0.2) is 49.0 Å². The molecule has 0 atom stereocenters. The van der Waals surface area contributed by atoms with Crippen LogP contribution in [0.1, 0.15) is 24.7 Å². The number of hydrogen-bond donors (Lipinski definition) is 0. The molecule has 0 bridgehead atoms. The molecule has 0 N–H and O–H groups in total. The number of thiophene rings is 1. The molecule has 1 saturated heterocycles. The van der Waals surface area contributed by atoms with E-state index in [-0.39, 0.29) is 10.0 Å². The molecule has 29 heavy (non-hydrogen) atoms. The Balaban J connectivity index is 1.30. The molecular weight excluding hydrogens is 415 g/mol. The number of nitrogens with zero attached hydrogens (tertiary/aromatic N) is 4. The summed E-state index contributed by atoms with van der Waals surface area (Å²) in [5.41, 5.74) is 1.15. The molecular formula is C19H19FN4O3S2. The highest BCUT2D eigenvalue weighted by Gasteiger charge is 2.32. The van der Waals surface area contributed by atoms with Crippen molar-refractivity contribution in [3.8, 4) is 11.4 Å². The van der Waals surface area contributed by atoms with Gasteiger partial charge in [-0.15, -0.1) is 11.3 Å². The highest BCUT2D eigenvalue weighted by molar-refractivity contribution is 7.91. The molecule has 2 aromatic heterocycles. The Kier molecular flexibility index (Phi) is 4.64. The van der Waals surface area contributed by atoms with Crippen molar-refractivity contribution in [2.45, 2.75) is 23.0 Å². The van der Waals surface area contributed by atoms with E-state index in [9.17, 15) is 12.8 Å². The van der Waals surface area contributed by atoms with Crippen LogP contribution < -0.4 is 4.90 Å². The third-order valence-electron chi connectivity index (χ3n) is 5.23. The largest absolute Gasteiger partial charge is 0.367 e. The van der Waals surface area contributed by atoms with Crippen molar-refractivity contribution < 1.29 is 17.3 Å². The number of anilines is 1. The predicted molar refractivity (Wildman–Crippen MR) is 107 cm³/mol. The van der Waals surface area contributed by atoms with Crippen molar-refractivity contribution in [2.75, 3.05) is 31.1 Å². The SMILES string of the molecule is O=S(=O)(c1cc(-c2noc(C3CC3)n2)cs1)N1CCN(c2ccccc2F)CC1. The van der Waals surface area contributed by atoms with Crippen molar-refractivity contribution in [2.24, 2.45) is 0 Å². The van der Waals surface area contributed by atoms with E-state index in [4.69, 9.17) is 4.52 Å². The van der Waals surface area contributed by atoms with Crippen LogP contribution in [0.15, 0.2) is 44.4 Å². The van der Waals surface area contributed by atoms with Gasteiger partial charge in [0.05, 0.1) is 5.69 Å². The number of para-hydroxylation sites is 1. The molecule has 10 heteroatoms. The summed E-state index contributed by atoms with van der Waals surface area (Å²) in [6, 6.07) is 8.15. The Morgan fingerprint density at radius 3 is 2.62 bits per heavy atom. The molecule has 2 fully saturated rings. The molecule has 3 aromatic rings. The van der Waals surface area contributed by atoms with E-state index >= 15 is 0 Å². The maximum Gasteiger partial charge on any atom is 0.252 e. The summed E-state index contributed by atoms with van der Waals surface area (Å²) in [4.78, 5) is 6.26. The van der Waals surface area contributed by atoms with Crippen molar-refractivity contribution in [3.05, 3.63) is 47.4 Å². The van der Waals surface area contributed by atoms with E-state index in [1.807, 2.05) is 4.90 Å². The Labute approximate surface area is 171 Å². The Morgan fingerprint density at radius 2 is 1.90 bits per heavy atom. The van der Waals surface area contributed by atoms with Crippen LogP contribution in [0.3, 0.4) is 0 Å². The van der Waals surface area contributed by atoms with E-state index in [2.05, 4.69) is 10.1 Å². The summed E-state index contributed by atoms with van der Waals surface area (Å²) < 4.78 is 47.1. The Morgan fingerprint density at radius 1 is 1.14 bits per heavy atom. The van der Waals surface area contributed by atoms with Gasteiger partial charge in [0.1, 0.15) is 10.0 Å². The number of aromatic nitrogens is 2. The molecule has 0 spiro atoms. The maximum absolute atomic E-state index is 14.0. The molecule has 1 aromatic carbocycles. The van der Waals surface area contributed by atoms with Crippen molar-refractivity contribution in [1.82, 2.24) is 14.4 Å². The van der Waals surface area contributed by atoms with Gasteiger partial charge in [-0.25, -0.2) is 12.8 Å². The molecule has 5 rings (SSSR count). The number of halogens is 1. The third-order valence-corrected chi connectivity index (χ3v) is 8.54. The molecule has 1 saturated carbocycles. The zero-order valence-electron chi connectivity index (χ0n) is 15.5. The van der Waals surface area contributed by atoms with Crippen LogP contribution in [0.5, 0.6) is 0 Å². The first-order valence-corrected chi connectivity index (χ1v) is 11.8. The number of rotatable bonds is 5. The van der Waals surface area contributed by atoms with Crippen LogP contribution in [0.4, 0.5) is 10.1 Å². The van der Waals surface area contributed by atoms with Crippen molar-refractivity contribution >= 4 is 27.0 Å². The minimum Gasteiger partial charge on any atom is -0.367 e. The summed E-state index contributed by atoms with van der Waals surface area (Å²) in [6.45, 7) is 1.48. The lowest BCUT2D eigenvalue weighted by atomic mass is 10.2. The standard InChI is InChI=1S/C19H19FN4O3S2/c20-15-3-1-2-4-16(15)23-7-9-24(10-8-23)29(25,26)17-11-14(12-28-17)18-21-19(27-22-18)13-5-6-13/h1-4,11-13H,5-10H2. The van der Waals surface area contributed by atoms with Gasteiger partial charge in [0, 0.05) is 43.0 Å². The minimum atomic E-state index is -3.62. The van der Waals surface area contributed by atoms with Gasteiger partial charge in [-0.1, -0.05) is 17.3 Å². The zero-order valence-corrected chi connectivity index (χ0v) is 17.1. The van der Waals surface area contributed by atoms with Gasteiger partial charge in [-0.05, 0) is 31.0 Å². The van der Waals surface area contributed by atoms with Crippen LogP contribution in [0.2, 0.25) is 0 Å². The molecule has 152 valence electrons. The number of benzene rings is 1. The zero-order chi connectivity index (χ0) is 20.0. The number of hydrogen-bond acceptors (Lipinski definition) is 7. The van der Waals surface area contributed by atoms with E-state index in [1.54, 1.807) is 29.6 Å². The summed E-state index contributed by atoms with van der Waals surface area (Å²) >= 11 is 1.15. The fraction of sp³-hybridized carbons (Fsp3) is 0.368. The lowest BCUT2D eigenvalue weighted by Gasteiger charge is -2.35. The highest BCUT2D eigenvalue weighted by Crippen LogP contribution is 2.40. The van der Waals surface area contributed by atoms with Gasteiger partial charge < -0.3 is 9.42 Å². The lowest BCUT2D eigenvalue weighted by molar-refractivity contribution is 0.380. The fourth-order valence-corrected chi connectivity index (χ4v) is 6.16. The molecule has 0 radical (unpaired) electrons. The normalized spacial score (nSPS) is 18.3. The Hall–Kier alpha value is -2.30. The van der Waals surface area contributed by atoms with E-state index < -0.39 is 10.0 Å². The molecule has 7 nitrogen and oxygen atoms in total. The second-order valence-electron chi connectivity index (χ2n) is 7.23. The van der Waals surface area contributed by atoms with Crippen LogP contribution in [0.25, 0.3) is 11.4 Å². The number of sulfonamides is 1. The fourth-order valence-electron chi connectivity index (χ4n) is 3.42. The van der Waals surface area contributed by atoms with Gasteiger partial charge in [0.25, 0.3) is 10.0 Å². The summed E-state index contributed by atoms with van der Waals surface area (Å²) in [5.74, 6) is 1.11. The average molecular weight is 435 g/mol.